The molecule has 0 bridgehead atoms. The second-order valence-corrected chi connectivity index (χ2v) is 3.68. The number of aliphatic hydroxyl groups is 1. The lowest BCUT2D eigenvalue weighted by molar-refractivity contribution is -0.141. The van der Waals surface area contributed by atoms with Gasteiger partial charge >= 0.3 is 6.18 Å². The highest BCUT2D eigenvalue weighted by atomic mass is 19.4. The highest BCUT2D eigenvalue weighted by Gasteiger charge is 2.33. The van der Waals surface area contributed by atoms with E-state index in [-0.39, 0.29) is 5.56 Å². The maximum absolute atomic E-state index is 12.3. The van der Waals surface area contributed by atoms with Crippen LogP contribution in [0.4, 0.5) is 13.2 Å². The maximum atomic E-state index is 12.3. The Kier molecular flexibility index (Phi) is 4.54. The summed E-state index contributed by atoms with van der Waals surface area (Å²) in [6, 6.07) is 1.60. The number of carbonyl (C=O) groups excluding carboxylic acids is 1. The number of nitrogens with zero attached hydrogens (tertiary/aromatic N) is 1. The van der Waals surface area contributed by atoms with Crippen LogP contribution >= 0.6 is 0 Å². The van der Waals surface area contributed by atoms with Crippen molar-refractivity contribution in [2.45, 2.75) is 6.18 Å². The fourth-order valence-electron chi connectivity index (χ4n) is 1.42. The van der Waals surface area contributed by atoms with Crippen LogP contribution in [0.3, 0.4) is 0 Å². The Labute approximate surface area is 105 Å². The second kappa shape index (κ2) is 5.74. The van der Waals surface area contributed by atoms with Crippen LogP contribution in [0.25, 0.3) is 0 Å². The molecule has 1 amide bonds. The number of rotatable bonds is 4. The Balaban J connectivity index is 3.02. The van der Waals surface area contributed by atoms with Crippen molar-refractivity contribution in [3.63, 3.8) is 0 Å². The average Bonchev–Trinajstić information content (AvgIpc) is 2.24. The van der Waals surface area contributed by atoms with Gasteiger partial charge in [0.1, 0.15) is 6.54 Å². The monoisotopic (exact) mass is 280 g/mol. The van der Waals surface area contributed by atoms with Crippen molar-refractivity contribution in [3.05, 3.63) is 28.0 Å². The van der Waals surface area contributed by atoms with Gasteiger partial charge in [-0.3, -0.25) is 14.6 Å². The quantitative estimate of drug-likeness (QED) is 0.728. The SMILES string of the molecule is O=C(c1cc(O)[nH]c(=O)c1)N(CCO)CC(F)(F)F. The summed E-state index contributed by atoms with van der Waals surface area (Å²) in [6.07, 6.45) is -4.63. The van der Waals surface area contributed by atoms with Crippen molar-refractivity contribution in [3.8, 4) is 5.88 Å². The zero-order valence-corrected chi connectivity index (χ0v) is 9.57. The molecule has 0 radical (unpaired) electrons. The smallest absolute Gasteiger partial charge is 0.406 e. The van der Waals surface area contributed by atoms with Crippen LogP contribution in [0.2, 0.25) is 0 Å². The lowest BCUT2D eigenvalue weighted by atomic mass is 10.2. The van der Waals surface area contributed by atoms with E-state index in [1.165, 1.54) is 0 Å². The number of aromatic nitrogens is 1. The molecule has 1 aromatic heterocycles. The van der Waals surface area contributed by atoms with E-state index in [9.17, 15) is 22.8 Å². The molecule has 6 nitrogen and oxygen atoms in total. The summed E-state index contributed by atoms with van der Waals surface area (Å²) in [4.78, 5) is 25.1. The molecule has 0 aliphatic rings. The summed E-state index contributed by atoms with van der Waals surface area (Å²) in [5.41, 5.74) is -1.21. The van der Waals surface area contributed by atoms with E-state index < -0.39 is 43.2 Å². The Hall–Kier alpha value is -2.03. The summed E-state index contributed by atoms with van der Waals surface area (Å²) in [5, 5.41) is 17.7. The fourth-order valence-corrected chi connectivity index (χ4v) is 1.42. The Morgan fingerprint density at radius 3 is 2.47 bits per heavy atom. The molecule has 0 aliphatic carbocycles. The summed E-state index contributed by atoms with van der Waals surface area (Å²) in [6.45, 7) is -2.75. The van der Waals surface area contributed by atoms with E-state index in [0.717, 1.165) is 12.1 Å². The van der Waals surface area contributed by atoms with Crippen LogP contribution in [0.1, 0.15) is 10.4 Å². The molecule has 0 spiro atoms. The van der Waals surface area contributed by atoms with Crippen molar-refractivity contribution in [2.75, 3.05) is 19.7 Å². The van der Waals surface area contributed by atoms with Crippen LogP contribution in [0.5, 0.6) is 5.88 Å². The Morgan fingerprint density at radius 1 is 1.37 bits per heavy atom. The summed E-state index contributed by atoms with van der Waals surface area (Å²) >= 11 is 0. The molecule has 0 saturated heterocycles. The lowest BCUT2D eigenvalue weighted by Crippen LogP contribution is -2.40. The van der Waals surface area contributed by atoms with Crippen LogP contribution in [-0.2, 0) is 0 Å². The fraction of sp³-hybridized carbons (Fsp3) is 0.400. The van der Waals surface area contributed by atoms with Crippen LogP contribution in [0.15, 0.2) is 16.9 Å². The average molecular weight is 280 g/mol. The molecule has 0 fully saturated rings. The number of hydrogen-bond donors (Lipinski definition) is 3. The Morgan fingerprint density at radius 2 is 2.00 bits per heavy atom. The van der Waals surface area contributed by atoms with E-state index in [1.807, 2.05) is 4.98 Å². The highest BCUT2D eigenvalue weighted by molar-refractivity contribution is 5.94. The van der Waals surface area contributed by atoms with Gasteiger partial charge in [0, 0.05) is 18.7 Å². The molecule has 1 aromatic rings. The topological polar surface area (TPSA) is 93.6 Å². The van der Waals surface area contributed by atoms with Gasteiger partial charge in [-0.05, 0) is 0 Å². The first-order valence-electron chi connectivity index (χ1n) is 5.13. The van der Waals surface area contributed by atoms with E-state index in [0.29, 0.717) is 4.90 Å². The predicted molar refractivity (Wildman–Crippen MR) is 57.8 cm³/mol. The maximum Gasteiger partial charge on any atom is 0.406 e. The molecule has 0 aliphatic heterocycles. The van der Waals surface area contributed by atoms with Gasteiger partial charge in [0.05, 0.1) is 12.2 Å². The third-order valence-corrected chi connectivity index (χ3v) is 2.10. The van der Waals surface area contributed by atoms with Gasteiger partial charge in [-0.2, -0.15) is 13.2 Å². The molecule has 0 atom stereocenters. The molecule has 0 aromatic carbocycles. The molecule has 106 valence electrons. The number of alkyl halides is 3. The number of H-pyrrole nitrogens is 1. The lowest BCUT2D eigenvalue weighted by Gasteiger charge is -2.23. The number of aromatic hydroxyl groups is 1. The minimum absolute atomic E-state index is 0.341. The minimum Gasteiger partial charge on any atom is -0.494 e. The summed E-state index contributed by atoms with van der Waals surface area (Å²) in [7, 11) is 0. The van der Waals surface area contributed by atoms with E-state index >= 15 is 0 Å². The second-order valence-electron chi connectivity index (χ2n) is 3.68. The molecule has 19 heavy (non-hydrogen) atoms. The van der Waals surface area contributed by atoms with Crippen molar-refractivity contribution in [1.82, 2.24) is 9.88 Å². The first kappa shape index (κ1) is 15.0. The first-order valence-corrected chi connectivity index (χ1v) is 5.13. The standard InChI is InChI=1S/C10H11F3N2O4/c11-10(12,13)5-15(1-2-16)9(19)6-3-7(17)14-8(18)4-6/h3-4,16H,1-2,5H2,(H2,14,17,18). The number of halogens is 3. The summed E-state index contributed by atoms with van der Waals surface area (Å²) in [5.74, 6) is -1.74. The van der Waals surface area contributed by atoms with Crippen molar-refractivity contribution in [1.29, 1.82) is 0 Å². The number of nitrogens with one attached hydrogen (secondary N) is 1. The third kappa shape index (κ3) is 4.62. The molecule has 3 N–H and O–H groups in total. The number of aromatic amines is 1. The van der Waals surface area contributed by atoms with Crippen molar-refractivity contribution >= 4 is 5.91 Å². The largest absolute Gasteiger partial charge is 0.494 e. The van der Waals surface area contributed by atoms with Crippen molar-refractivity contribution < 1.29 is 28.2 Å². The molecular formula is C10H11F3N2O4. The number of carbonyl (C=O) groups is 1. The van der Waals surface area contributed by atoms with Gasteiger partial charge in [0.2, 0.25) is 0 Å². The molecule has 1 rings (SSSR count). The third-order valence-electron chi connectivity index (χ3n) is 2.10. The Bertz CT molecular complexity index is 512. The molecule has 1 heterocycles. The number of hydrogen-bond acceptors (Lipinski definition) is 4. The first-order chi connectivity index (χ1) is 8.73. The molecular weight excluding hydrogens is 269 g/mol. The minimum atomic E-state index is -4.63. The van der Waals surface area contributed by atoms with Gasteiger partial charge < -0.3 is 15.1 Å². The van der Waals surface area contributed by atoms with Gasteiger partial charge in [-0.1, -0.05) is 0 Å². The van der Waals surface area contributed by atoms with E-state index in [4.69, 9.17) is 10.2 Å². The van der Waals surface area contributed by atoms with E-state index in [2.05, 4.69) is 0 Å². The van der Waals surface area contributed by atoms with E-state index in [1.54, 1.807) is 0 Å². The number of amides is 1. The number of aliphatic hydroxyl groups excluding tert-OH is 1. The predicted octanol–water partition coefficient (Wildman–Crippen LogP) is 0.0773. The summed E-state index contributed by atoms with van der Waals surface area (Å²) < 4.78 is 36.8. The van der Waals surface area contributed by atoms with Gasteiger partial charge in [0.15, 0.2) is 5.88 Å². The normalized spacial score (nSPS) is 11.4. The van der Waals surface area contributed by atoms with Crippen LogP contribution in [0, 0.1) is 0 Å². The zero-order valence-electron chi connectivity index (χ0n) is 9.57. The highest BCUT2D eigenvalue weighted by Crippen LogP contribution is 2.18. The zero-order chi connectivity index (χ0) is 14.6. The molecule has 0 unspecified atom stereocenters. The molecule has 9 heteroatoms. The van der Waals surface area contributed by atoms with Crippen LogP contribution in [-0.4, -0.2) is 51.9 Å². The van der Waals surface area contributed by atoms with Crippen LogP contribution < -0.4 is 5.56 Å². The van der Waals surface area contributed by atoms with Crippen molar-refractivity contribution in [2.24, 2.45) is 0 Å². The van der Waals surface area contributed by atoms with Gasteiger partial charge in [-0.25, -0.2) is 0 Å². The van der Waals surface area contributed by atoms with Gasteiger partial charge in [0.25, 0.3) is 11.5 Å². The molecule has 0 saturated carbocycles. The number of pyridine rings is 1. The van der Waals surface area contributed by atoms with Gasteiger partial charge in [-0.15, -0.1) is 0 Å².